The van der Waals surface area contributed by atoms with Gasteiger partial charge in [-0.05, 0) is 26.8 Å². The van der Waals surface area contributed by atoms with Gasteiger partial charge in [0.15, 0.2) is 6.29 Å². The molecule has 0 spiro atoms. The second-order valence-electron chi connectivity index (χ2n) is 4.51. The lowest BCUT2D eigenvalue weighted by atomic mass is 9.97. The van der Waals surface area contributed by atoms with Gasteiger partial charge in [-0.1, -0.05) is 6.08 Å². The molecule has 0 radical (unpaired) electrons. The van der Waals surface area contributed by atoms with Gasteiger partial charge < -0.3 is 14.2 Å². The van der Waals surface area contributed by atoms with Crippen molar-refractivity contribution in [3.8, 4) is 0 Å². The highest BCUT2D eigenvalue weighted by Crippen LogP contribution is 2.17. The summed E-state index contributed by atoms with van der Waals surface area (Å²) in [5.74, 6) is -0.222. The first kappa shape index (κ1) is 12.2. The minimum atomic E-state index is -0.469. The van der Waals surface area contributed by atoms with Crippen LogP contribution in [0, 0.1) is 5.41 Å². The zero-order chi connectivity index (χ0) is 11.5. The fourth-order valence-electron chi connectivity index (χ4n) is 1.08. The Morgan fingerprint density at radius 2 is 2.07 bits per heavy atom. The summed E-state index contributed by atoms with van der Waals surface area (Å²) < 4.78 is 15.4. The predicted octanol–water partition coefficient (Wildman–Crippen LogP) is 1.50. The third kappa shape index (κ3) is 3.64. The SMILES string of the molecule is COC1C=CC(COC(=O)C(C)(C)C)O1. The lowest BCUT2D eigenvalue weighted by molar-refractivity contribution is -0.161. The maximum Gasteiger partial charge on any atom is 0.311 e. The fraction of sp³-hybridized carbons (Fsp3) is 0.727. The second kappa shape index (κ2) is 4.77. The van der Waals surface area contributed by atoms with Crippen molar-refractivity contribution < 1.29 is 19.0 Å². The minimum Gasteiger partial charge on any atom is -0.462 e. The molecule has 0 aliphatic carbocycles. The van der Waals surface area contributed by atoms with Crippen LogP contribution in [0.15, 0.2) is 12.2 Å². The molecular weight excluding hydrogens is 196 g/mol. The predicted molar refractivity (Wildman–Crippen MR) is 55.2 cm³/mol. The maximum atomic E-state index is 11.4. The average Bonchev–Trinajstić information content (AvgIpc) is 2.60. The van der Waals surface area contributed by atoms with Crippen molar-refractivity contribution in [3.63, 3.8) is 0 Å². The van der Waals surface area contributed by atoms with E-state index in [1.54, 1.807) is 13.2 Å². The Balaban J connectivity index is 2.28. The van der Waals surface area contributed by atoms with Gasteiger partial charge in [-0.15, -0.1) is 0 Å². The summed E-state index contributed by atoms with van der Waals surface area (Å²) in [6.07, 6.45) is 3.13. The largest absolute Gasteiger partial charge is 0.462 e. The van der Waals surface area contributed by atoms with Crippen LogP contribution in [0.25, 0.3) is 0 Å². The molecule has 0 amide bonds. The van der Waals surface area contributed by atoms with Gasteiger partial charge in [0.2, 0.25) is 0 Å². The monoisotopic (exact) mass is 214 g/mol. The Labute approximate surface area is 90.2 Å². The average molecular weight is 214 g/mol. The molecule has 0 saturated heterocycles. The number of hydrogen-bond donors (Lipinski definition) is 0. The molecule has 0 fully saturated rings. The highest BCUT2D eigenvalue weighted by atomic mass is 16.7. The summed E-state index contributed by atoms with van der Waals surface area (Å²) >= 11 is 0. The molecule has 0 saturated carbocycles. The summed E-state index contributed by atoms with van der Waals surface area (Å²) in [5, 5.41) is 0. The Bertz CT molecular complexity index is 252. The highest BCUT2D eigenvalue weighted by molar-refractivity contribution is 5.75. The van der Waals surface area contributed by atoms with E-state index in [1.165, 1.54) is 0 Å². The Morgan fingerprint density at radius 3 is 2.53 bits per heavy atom. The molecule has 1 rings (SSSR count). The van der Waals surface area contributed by atoms with Crippen LogP contribution in [0.5, 0.6) is 0 Å². The van der Waals surface area contributed by atoms with Crippen molar-refractivity contribution in [1.82, 2.24) is 0 Å². The smallest absolute Gasteiger partial charge is 0.311 e. The number of esters is 1. The van der Waals surface area contributed by atoms with E-state index >= 15 is 0 Å². The highest BCUT2D eigenvalue weighted by Gasteiger charge is 2.25. The lowest BCUT2D eigenvalue weighted by Crippen LogP contribution is -2.27. The first-order valence-corrected chi connectivity index (χ1v) is 4.97. The fourth-order valence-corrected chi connectivity index (χ4v) is 1.08. The van der Waals surface area contributed by atoms with Gasteiger partial charge in [-0.2, -0.15) is 0 Å². The van der Waals surface area contributed by atoms with E-state index in [1.807, 2.05) is 26.8 Å². The van der Waals surface area contributed by atoms with E-state index < -0.39 is 5.41 Å². The number of carbonyl (C=O) groups excluding carboxylic acids is 1. The van der Waals surface area contributed by atoms with Crippen LogP contribution in [0.1, 0.15) is 20.8 Å². The van der Waals surface area contributed by atoms with Gasteiger partial charge in [0.1, 0.15) is 12.7 Å². The van der Waals surface area contributed by atoms with Crippen LogP contribution in [-0.4, -0.2) is 32.1 Å². The Kier molecular flexibility index (Phi) is 3.88. The second-order valence-corrected chi connectivity index (χ2v) is 4.51. The molecule has 4 nitrogen and oxygen atoms in total. The Hall–Kier alpha value is -0.870. The molecule has 86 valence electrons. The topological polar surface area (TPSA) is 44.8 Å². The van der Waals surface area contributed by atoms with Crippen molar-refractivity contribution in [2.45, 2.75) is 33.2 Å². The van der Waals surface area contributed by atoms with Gasteiger partial charge in [0.25, 0.3) is 0 Å². The zero-order valence-corrected chi connectivity index (χ0v) is 9.65. The van der Waals surface area contributed by atoms with E-state index in [9.17, 15) is 4.79 Å². The summed E-state index contributed by atoms with van der Waals surface area (Å²) in [6.45, 7) is 5.70. The summed E-state index contributed by atoms with van der Waals surface area (Å²) in [7, 11) is 1.57. The third-order valence-electron chi connectivity index (χ3n) is 2.02. The van der Waals surface area contributed by atoms with E-state index in [0.717, 1.165) is 0 Å². The van der Waals surface area contributed by atoms with Crippen molar-refractivity contribution in [2.75, 3.05) is 13.7 Å². The molecule has 2 atom stereocenters. The first-order chi connectivity index (χ1) is 6.93. The normalized spacial score (nSPS) is 25.6. The molecular formula is C11H18O4. The van der Waals surface area contributed by atoms with Crippen LogP contribution >= 0.6 is 0 Å². The molecule has 0 aromatic rings. The molecule has 0 aromatic carbocycles. The van der Waals surface area contributed by atoms with E-state index in [4.69, 9.17) is 14.2 Å². The summed E-state index contributed by atoms with van der Waals surface area (Å²) in [4.78, 5) is 11.4. The van der Waals surface area contributed by atoms with Gasteiger partial charge in [-0.3, -0.25) is 4.79 Å². The maximum absolute atomic E-state index is 11.4. The quantitative estimate of drug-likeness (QED) is 0.527. The van der Waals surface area contributed by atoms with Crippen molar-refractivity contribution in [2.24, 2.45) is 5.41 Å². The molecule has 0 aromatic heterocycles. The van der Waals surface area contributed by atoms with Crippen LogP contribution in [0.4, 0.5) is 0 Å². The molecule has 4 heteroatoms. The van der Waals surface area contributed by atoms with Crippen LogP contribution in [0.3, 0.4) is 0 Å². The molecule has 1 aliphatic heterocycles. The van der Waals surface area contributed by atoms with Crippen molar-refractivity contribution in [1.29, 1.82) is 0 Å². The number of ether oxygens (including phenoxy) is 3. The van der Waals surface area contributed by atoms with Gasteiger partial charge in [0, 0.05) is 7.11 Å². The van der Waals surface area contributed by atoms with E-state index in [-0.39, 0.29) is 25.0 Å². The number of hydrogen-bond acceptors (Lipinski definition) is 4. The minimum absolute atomic E-state index is 0.193. The molecule has 1 heterocycles. The van der Waals surface area contributed by atoms with Crippen molar-refractivity contribution >= 4 is 5.97 Å². The lowest BCUT2D eigenvalue weighted by Gasteiger charge is -2.18. The van der Waals surface area contributed by atoms with E-state index in [0.29, 0.717) is 0 Å². The molecule has 15 heavy (non-hydrogen) atoms. The van der Waals surface area contributed by atoms with Crippen LogP contribution in [-0.2, 0) is 19.0 Å². The zero-order valence-electron chi connectivity index (χ0n) is 9.65. The molecule has 2 unspecified atom stereocenters. The number of carbonyl (C=O) groups is 1. The standard InChI is InChI=1S/C11H18O4/c1-11(2,3)10(12)14-7-8-5-6-9(13-4)15-8/h5-6,8-9H,7H2,1-4H3. The third-order valence-corrected chi connectivity index (χ3v) is 2.02. The summed E-state index contributed by atoms with van der Waals surface area (Å²) in [5.41, 5.74) is -0.469. The van der Waals surface area contributed by atoms with Gasteiger partial charge >= 0.3 is 5.97 Å². The number of methoxy groups -OCH3 is 1. The number of rotatable bonds is 3. The molecule has 1 aliphatic rings. The van der Waals surface area contributed by atoms with E-state index in [2.05, 4.69) is 0 Å². The Morgan fingerprint density at radius 1 is 1.40 bits per heavy atom. The van der Waals surface area contributed by atoms with Crippen LogP contribution < -0.4 is 0 Å². The first-order valence-electron chi connectivity index (χ1n) is 4.97. The van der Waals surface area contributed by atoms with Gasteiger partial charge in [-0.25, -0.2) is 0 Å². The van der Waals surface area contributed by atoms with Crippen LogP contribution in [0.2, 0.25) is 0 Å². The molecule has 0 bridgehead atoms. The molecule has 0 N–H and O–H groups in total. The van der Waals surface area contributed by atoms with Crippen molar-refractivity contribution in [3.05, 3.63) is 12.2 Å². The summed E-state index contributed by atoms with van der Waals surface area (Å²) in [6, 6.07) is 0. The van der Waals surface area contributed by atoms with Gasteiger partial charge in [0.05, 0.1) is 5.41 Å².